The van der Waals surface area contributed by atoms with E-state index in [1.807, 2.05) is 0 Å². The summed E-state index contributed by atoms with van der Waals surface area (Å²) in [6, 6.07) is 7.59. The van der Waals surface area contributed by atoms with Gasteiger partial charge in [0.1, 0.15) is 0 Å². The van der Waals surface area contributed by atoms with Crippen LogP contribution in [0.5, 0.6) is 0 Å². The molecule has 0 spiro atoms. The predicted molar refractivity (Wildman–Crippen MR) is 89.4 cm³/mol. The fraction of sp³-hybridized carbons (Fsp3) is 0.111. The number of alkyl halides is 3. The number of anilines is 1. The molecule has 0 radical (unpaired) electrons. The lowest BCUT2D eigenvalue weighted by Crippen LogP contribution is -2.23. The number of hydrogen-bond donors (Lipinski definition) is 1. The largest absolute Gasteiger partial charge is 0.416 e. The molecule has 0 saturated heterocycles. The minimum atomic E-state index is -4.53. The lowest BCUT2D eigenvalue weighted by molar-refractivity contribution is -0.137. The maximum atomic E-state index is 12.6. The summed E-state index contributed by atoms with van der Waals surface area (Å²) in [5.74, 6) is -2.02. The summed E-state index contributed by atoms with van der Waals surface area (Å²) in [5, 5.41) is 6.63. The van der Waals surface area contributed by atoms with Crippen molar-refractivity contribution in [2.45, 2.75) is 13.1 Å². The van der Waals surface area contributed by atoms with E-state index in [0.717, 1.165) is 24.3 Å². The summed E-state index contributed by atoms with van der Waals surface area (Å²) >= 11 is 0. The van der Waals surface area contributed by atoms with E-state index in [1.165, 1.54) is 18.2 Å². The Morgan fingerprint density at radius 3 is 2.33 bits per heavy atom. The number of nitrogens with one attached hydrogen (secondary N) is 1. The number of carbonyl (C=O) groups is 2. The Morgan fingerprint density at radius 2 is 1.70 bits per heavy atom. The molecule has 0 saturated carbocycles. The van der Waals surface area contributed by atoms with Crippen molar-refractivity contribution < 1.29 is 27.3 Å². The molecule has 1 amide bonds. The molecule has 2 aromatic carbocycles. The molecule has 0 aliphatic rings. The summed E-state index contributed by atoms with van der Waals surface area (Å²) < 4.78 is 42.3. The highest BCUT2D eigenvalue weighted by Gasteiger charge is 2.30. The number of amides is 1. The minimum Gasteiger partial charge on any atom is -0.319 e. The number of aryl methyl sites for hydroxylation is 1. The Bertz CT molecular complexity index is 1100. The van der Waals surface area contributed by atoms with Gasteiger partial charge in [-0.25, -0.2) is 4.79 Å². The molecular weight excluding hydrogens is 365 g/mol. The molecule has 138 valence electrons. The van der Waals surface area contributed by atoms with E-state index in [1.54, 1.807) is 6.92 Å². The van der Waals surface area contributed by atoms with Gasteiger partial charge in [-0.1, -0.05) is 17.3 Å². The van der Waals surface area contributed by atoms with Gasteiger partial charge in [-0.3, -0.25) is 9.59 Å². The first-order valence-corrected chi connectivity index (χ1v) is 7.60. The third-order valence-corrected chi connectivity index (χ3v) is 3.83. The maximum Gasteiger partial charge on any atom is 0.416 e. The van der Waals surface area contributed by atoms with Gasteiger partial charge in [-0.05, 0) is 37.3 Å². The summed E-state index contributed by atoms with van der Waals surface area (Å²) in [7, 11) is 0. The molecule has 3 aromatic rings. The van der Waals surface area contributed by atoms with Crippen molar-refractivity contribution in [1.29, 1.82) is 0 Å². The van der Waals surface area contributed by atoms with E-state index in [-0.39, 0.29) is 16.6 Å². The third-order valence-electron chi connectivity index (χ3n) is 3.83. The normalized spacial score (nSPS) is 11.4. The molecule has 27 heavy (non-hydrogen) atoms. The Hall–Kier alpha value is -3.49. The minimum absolute atomic E-state index is 0.181. The number of Topliss-reactive ketones (excluding diaryl/α,β-unsaturated/α-hetero) is 1. The molecule has 1 N–H and O–H groups in total. The SMILES string of the molecule is Cc1noc(=O)c2ccc(NC(=O)C(=O)c3ccc(C(F)(F)F)cc3)cc12. The number of carbonyl (C=O) groups excluding carboxylic acids is 2. The highest BCUT2D eigenvalue weighted by Crippen LogP contribution is 2.29. The van der Waals surface area contributed by atoms with E-state index in [0.29, 0.717) is 11.1 Å². The third kappa shape index (κ3) is 3.71. The molecule has 1 heterocycles. The summed E-state index contributed by atoms with van der Waals surface area (Å²) in [6.45, 7) is 1.60. The topological polar surface area (TPSA) is 89.3 Å². The van der Waals surface area contributed by atoms with Gasteiger partial charge in [0, 0.05) is 16.6 Å². The summed E-state index contributed by atoms with van der Waals surface area (Å²) in [4.78, 5) is 35.8. The van der Waals surface area contributed by atoms with Crippen LogP contribution >= 0.6 is 0 Å². The van der Waals surface area contributed by atoms with E-state index in [2.05, 4.69) is 15.0 Å². The molecule has 0 bridgehead atoms. The highest BCUT2D eigenvalue weighted by molar-refractivity contribution is 6.46. The molecule has 0 fully saturated rings. The van der Waals surface area contributed by atoms with Crippen molar-refractivity contribution in [2.24, 2.45) is 0 Å². The first kappa shape index (κ1) is 18.3. The molecule has 1 aromatic heterocycles. The Balaban J connectivity index is 1.82. The van der Waals surface area contributed by atoms with Crippen molar-refractivity contribution in [3.05, 3.63) is 69.7 Å². The number of rotatable bonds is 3. The van der Waals surface area contributed by atoms with Crippen LogP contribution in [0.2, 0.25) is 0 Å². The fourth-order valence-electron chi connectivity index (χ4n) is 2.44. The second-order valence-electron chi connectivity index (χ2n) is 5.67. The van der Waals surface area contributed by atoms with Crippen molar-refractivity contribution in [3.63, 3.8) is 0 Å². The molecule has 9 heteroatoms. The molecule has 0 unspecified atom stereocenters. The smallest absolute Gasteiger partial charge is 0.319 e. The monoisotopic (exact) mass is 376 g/mol. The van der Waals surface area contributed by atoms with Crippen LogP contribution in [0.3, 0.4) is 0 Å². The van der Waals surface area contributed by atoms with Gasteiger partial charge in [0.05, 0.1) is 16.6 Å². The van der Waals surface area contributed by atoms with E-state index in [9.17, 15) is 27.6 Å². The van der Waals surface area contributed by atoms with Crippen molar-refractivity contribution >= 4 is 28.2 Å². The van der Waals surface area contributed by atoms with E-state index >= 15 is 0 Å². The van der Waals surface area contributed by atoms with Gasteiger partial charge in [0.15, 0.2) is 0 Å². The Kier molecular flexibility index (Phi) is 4.52. The van der Waals surface area contributed by atoms with Crippen LogP contribution in [0.15, 0.2) is 51.8 Å². The molecule has 6 nitrogen and oxygen atoms in total. The van der Waals surface area contributed by atoms with Crippen LogP contribution in [0.1, 0.15) is 21.6 Å². The van der Waals surface area contributed by atoms with Gasteiger partial charge < -0.3 is 9.84 Å². The predicted octanol–water partition coefficient (Wildman–Crippen LogP) is 3.34. The standard InChI is InChI=1S/C18H11F3N2O4/c1-9-14-8-12(6-7-13(14)17(26)27-23-9)22-16(25)15(24)10-2-4-11(5-3-10)18(19,20)21/h2-8H,1H3,(H,22,25). The lowest BCUT2D eigenvalue weighted by atomic mass is 10.1. The van der Waals surface area contributed by atoms with Gasteiger partial charge in [0.25, 0.3) is 11.7 Å². The van der Waals surface area contributed by atoms with Crippen LogP contribution < -0.4 is 10.9 Å². The zero-order valence-corrected chi connectivity index (χ0v) is 13.8. The average Bonchev–Trinajstić information content (AvgIpc) is 2.63. The zero-order valence-electron chi connectivity index (χ0n) is 13.8. The number of halogens is 3. The average molecular weight is 376 g/mol. The number of fused-ring (bicyclic) bond motifs is 1. The Morgan fingerprint density at radius 1 is 1.04 bits per heavy atom. The molecular formula is C18H11F3N2O4. The quantitative estimate of drug-likeness (QED) is 0.559. The van der Waals surface area contributed by atoms with Crippen LogP contribution in [0.25, 0.3) is 10.8 Å². The van der Waals surface area contributed by atoms with E-state index in [4.69, 9.17) is 0 Å². The second kappa shape index (κ2) is 6.67. The number of ketones is 1. The van der Waals surface area contributed by atoms with Crippen LogP contribution in [0, 0.1) is 6.92 Å². The lowest BCUT2D eigenvalue weighted by Gasteiger charge is -2.08. The van der Waals surface area contributed by atoms with Gasteiger partial charge in [-0.15, -0.1) is 0 Å². The number of aromatic nitrogens is 1. The van der Waals surface area contributed by atoms with Gasteiger partial charge in [-0.2, -0.15) is 13.2 Å². The van der Waals surface area contributed by atoms with Gasteiger partial charge >= 0.3 is 11.8 Å². The number of benzene rings is 2. The van der Waals surface area contributed by atoms with E-state index < -0.39 is 29.1 Å². The van der Waals surface area contributed by atoms with Crippen molar-refractivity contribution in [3.8, 4) is 0 Å². The number of hydrogen-bond acceptors (Lipinski definition) is 5. The first-order valence-electron chi connectivity index (χ1n) is 7.60. The van der Waals surface area contributed by atoms with Crippen LogP contribution in [0.4, 0.5) is 18.9 Å². The second-order valence-corrected chi connectivity index (χ2v) is 5.67. The van der Waals surface area contributed by atoms with Crippen molar-refractivity contribution in [2.75, 3.05) is 5.32 Å². The molecule has 0 aliphatic carbocycles. The van der Waals surface area contributed by atoms with Gasteiger partial charge in [0.2, 0.25) is 0 Å². The number of nitrogens with zero attached hydrogens (tertiary/aromatic N) is 1. The molecule has 0 atom stereocenters. The van der Waals surface area contributed by atoms with Crippen LogP contribution in [-0.2, 0) is 11.0 Å². The maximum absolute atomic E-state index is 12.6. The molecule has 3 rings (SSSR count). The van der Waals surface area contributed by atoms with Crippen molar-refractivity contribution in [1.82, 2.24) is 5.16 Å². The molecule has 0 aliphatic heterocycles. The summed E-state index contributed by atoms with van der Waals surface area (Å²) in [5.41, 5.74) is -1.11. The van der Waals surface area contributed by atoms with Crippen LogP contribution in [-0.4, -0.2) is 16.8 Å². The Labute approximate surface area is 149 Å². The summed E-state index contributed by atoms with van der Waals surface area (Å²) in [6.07, 6.45) is -4.53. The fourth-order valence-corrected chi connectivity index (χ4v) is 2.44. The first-order chi connectivity index (χ1) is 12.7. The highest BCUT2D eigenvalue weighted by atomic mass is 19.4. The zero-order chi connectivity index (χ0) is 19.8.